The van der Waals surface area contributed by atoms with Crippen LogP contribution in [0, 0.1) is 13.8 Å². The number of hydrogen-bond acceptors (Lipinski definition) is 3. The molecule has 0 aliphatic heterocycles. The maximum absolute atomic E-state index is 5.95. The Hall–Kier alpha value is -1.65. The van der Waals surface area contributed by atoms with Gasteiger partial charge in [0, 0.05) is 21.8 Å². The van der Waals surface area contributed by atoms with Crippen molar-refractivity contribution in [2.24, 2.45) is 5.73 Å². The summed E-state index contributed by atoms with van der Waals surface area (Å²) in [6.45, 7) is 7.85. The molecule has 2 aromatic heterocycles. The van der Waals surface area contributed by atoms with Gasteiger partial charge in [-0.2, -0.15) is 5.10 Å². The van der Waals surface area contributed by atoms with Crippen LogP contribution in [0.25, 0.3) is 10.1 Å². The van der Waals surface area contributed by atoms with Gasteiger partial charge in [0.2, 0.25) is 0 Å². The predicted octanol–water partition coefficient (Wildman–Crippen LogP) is 3.78. The maximum atomic E-state index is 5.95. The van der Waals surface area contributed by atoms with Crippen LogP contribution in [0.1, 0.15) is 34.3 Å². The van der Waals surface area contributed by atoms with E-state index in [1.54, 1.807) is 11.3 Å². The first-order valence-electron chi connectivity index (χ1n) is 7.38. The second-order valence-electron chi connectivity index (χ2n) is 5.36. The molecule has 0 saturated carbocycles. The maximum Gasteiger partial charge on any atom is 0.0680 e. The molecule has 3 nitrogen and oxygen atoms in total. The summed E-state index contributed by atoms with van der Waals surface area (Å²) in [6.07, 6.45) is 1.03. The highest BCUT2D eigenvalue weighted by atomic mass is 32.1. The van der Waals surface area contributed by atoms with Crippen molar-refractivity contribution in [2.45, 2.75) is 40.3 Å². The first kappa shape index (κ1) is 14.3. The van der Waals surface area contributed by atoms with Crippen molar-refractivity contribution >= 4 is 21.4 Å². The van der Waals surface area contributed by atoms with Crippen molar-refractivity contribution < 1.29 is 0 Å². The molecular formula is C17H21N3S. The number of hydrogen-bond donors (Lipinski definition) is 1. The lowest BCUT2D eigenvalue weighted by molar-refractivity contribution is 0.658. The van der Waals surface area contributed by atoms with E-state index in [1.165, 1.54) is 31.8 Å². The average Bonchev–Trinajstić information content (AvgIpc) is 2.97. The minimum absolute atomic E-state index is 0.592. The van der Waals surface area contributed by atoms with E-state index in [1.807, 2.05) is 0 Å². The lowest BCUT2D eigenvalue weighted by atomic mass is 10.1. The van der Waals surface area contributed by atoms with Gasteiger partial charge in [-0.3, -0.25) is 4.68 Å². The first-order chi connectivity index (χ1) is 10.2. The standard InChI is InChI=1S/C17H21N3S/c1-4-13-11(2)19-20(12(13)3)10-15-14-7-5-6-8-16(14)21-17(15)9-18/h5-8H,4,9-10,18H2,1-3H3. The van der Waals surface area contributed by atoms with Gasteiger partial charge >= 0.3 is 0 Å². The molecule has 21 heavy (non-hydrogen) atoms. The van der Waals surface area contributed by atoms with E-state index < -0.39 is 0 Å². The van der Waals surface area contributed by atoms with Crippen LogP contribution >= 0.6 is 11.3 Å². The van der Waals surface area contributed by atoms with Crippen molar-refractivity contribution in [1.29, 1.82) is 0 Å². The van der Waals surface area contributed by atoms with Crippen LogP contribution in [0.5, 0.6) is 0 Å². The molecule has 2 N–H and O–H groups in total. The van der Waals surface area contributed by atoms with E-state index in [2.05, 4.69) is 49.7 Å². The Balaban J connectivity index is 2.09. The van der Waals surface area contributed by atoms with Gasteiger partial charge in [-0.25, -0.2) is 0 Å². The SMILES string of the molecule is CCc1c(C)nn(Cc2c(CN)sc3ccccc23)c1C. The number of nitrogens with zero attached hydrogens (tertiary/aromatic N) is 2. The summed E-state index contributed by atoms with van der Waals surface area (Å²) in [5, 5.41) is 6.03. The zero-order valence-electron chi connectivity index (χ0n) is 12.8. The molecule has 4 heteroatoms. The highest BCUT2D eigenvalue weighted by molar-refractivity contribution is 7.19. The molecule has 0 spiro atoms. The molecule has 3 rings (SSSR count). The van der Waals surface area contributed by atoms with E-state index in [0.717, 1.165) is 18.7 Å². The van der Waals surface area contributed by atoms with Gasteiger partial charge in [0.25, 0.3) is 0 Å². The molecule has 3 aromatic rings. The summed E-state index contributed by atoms with van der Waals surface area (Å²) in [7, 11) is 0. The molecule has 0 amide bonds. The normalized spacial score (nSPS) is 11.4. The Morgan fingerprint density at radius 3 is 2.62 bits per heavy atom. The van der Waals surface area contributed by atoms with E-state index in [0.29, 0.717) is 6.54 Å². The third-order valence-corrected chi connectivity index (χ3v) is 5.40. The predicted molar refractivity (Wildman–Crippen MR) is 89.9 cm³/mol. The highest BCUT2D eigenvalue weighted by Gasteiger charge is 2.15. The number of fused-ring (bicyclic) bond motifs is 1. The molecule has 0 bridgehead atoms. The Bertz CT molecular complexity index is 783. The molecule has 0 unspecified atom stereocenters. The zero-order chi connectivity index (χ0) is 15.0. The lowest BCUT2D eigenvalue weighted by Crippen LogP contribution is -2.07. The van der Waals surface area contributed by atoms with Gasteiger partial charge in [0.05, 0.1) is 12.2 Å². The molecule has 110 valence electrons. The van der Waals surface area contributed by atoms with Crippen molar-refractivity contribution in [3.63, 3.8) is 0 Å². The van der Waals surface area contributed by atoms with Gasteiger partial charge in [-0.05, 0) is 42.8 Å². The number of aryl methyl sites for hydroxylation is 1. The van der Waals surface area contributed by atoms with Crippen molar-refractivity contribution in [2.75, 3.05) is 0 Å². The fraction of sp³-hybridized carbons (Fsp3) is 0.353. The van der Waals surface area contributed by atoms with Crippen molar-refractivity contribution in [3.05, 3.63) is 51.7 Å². The third-order valence-electron chi connectivity index (χ3n) is 4.16. The first-order valence-corrected chi connectivity index (χ1v) is 8.19. The highest BCUT2D eigenvalue weighted by Crippen LogP contribution is 2.32. The van der Waals surface area contributed by atoms with Gasteiger partial charge in [-0.1, -0.05) is 25.1 Å². The van der Waals surface area contributed by atoms with Gasteiger partial charge in [-0.15, -0.1) is 11.3 Å². The minimum atomic E-state index is 0.592. The van der Waals surface area contributed by atoms with Crippen LogP contribution in [0.3, 0.4) is 0 Å². The Morgan fingerprint density at radius 2 is 1.95 bits per heavy atom. The number of rotatable bonds is 4. The monoisotopic (exact) mass is 299 g/mol. The van der Waals surface area contributed by atoms with Crippen LogP contribution in [0.15, 0.2) is 24.3 Å². The van der Waals surface area contributed by atoms with Gasteiger partial charge in [0.15, 0.2) is 0 Å². The van der Waals surface area contributed by atoms with E-state index >= 15 is 0 Å². The van der Waals surface area contributed by atoms with Gasteiger partial charge < -0.3 is 5.73 Å². The third kappa shape index (κ3) is 2.39. The summed E-state index contributed by atoms with van der Waals surface area (Å²) in [5.74, 6) is 0. The van der Waals surface area contributed by atoms with Crippen LogP contribution in [-0.2, 0) is 19.5 Å². The summed E-state index contributed by atoms with van der Waals surface area (Å²) >= 11 is 1.80. The molecule has 0 saturated heterocycles. The Kier molecular flexibility index (Phi) is 3.83. The molecule has 0 radical (unpaired) electrons. The summed E-state index contributed by atoms with van der Waals surface area (Å²) in [5.41, 5.74) is 11.1. The Morgan fingerprint density at radius 1 is 1.19 bits per heavy atom. The van der Waals surface area contributed by atoms with Crippen molar-refractivity contribution in [1.82, 2.24) is 9.78 Å². The summed E-state index contributed by atoms with van der Waals surface area (Å²) in [4.78, 5) is 1.27. The molecule has 2 heterocycles. The number of thiophene rings is 1. The Labute approximate surface area is 129 Å². The average molecular weight is 299 g/mol. The molecule has 1 aromatic carbocycles. The van der Waals surface area contributed by atoms with E-state index in [4.69, 9.17) is 10.8 Å². The number of aromatic nitrogens is 2. The minimum Gasteiger partial charge on any atom is -0.326 e. The fourth-order valence-electron chi connectivity index (χ4n) is 3.04. The number of benzene rings is 1. The van der Waals surface area contributed by atoms with Crippen LogP contribution in [-0.4, -0.2) is 9.78 Å². The van der Waals surface area contributed by atoms with E-state index in [-0.39, 0.29) is 0 Å². The molecule has 0 atom stereocenters. The topological polar surface area (TPSA) is 43.8 Å². The molecule has 0 aliphatic carbocycles. The van der Waals surface area contributed by atoms with E-state index in [9.17, 15) is 0 Å². The summed E-state index contributed by atoms with van der Waals surface area (Å²) in [6, 6.07) is 8.53. The second kappa shape index (κ2) is 5.62. The second-order valence-corrected chi connectivity index (χ2v) is 6.50. The zero-order valence-corrected chi connectivity index (χ0v) is 13.6. The number of nitrogens with two attached hydrogens (primary N) is 1. The van der Waals surface area contributed by atoms with Gasteiger partial charge in [0.1, 0.15) is 0 Å². The molecule has 0 aliphatic rings. The quantitative estimate of drug-likeness (QED) is 0.796. The lowest BCUT2D eigenvalue weighted by Gasteiger charge is -2.07. The fourth-order valence-corrected chi connectivity index (χ4v) is 4.13. The largest absolute Gasteiger partial charge is 0.326 e. The van der Waals surface area contributed by atoms with Crippen molar-refractivity contribution in [3.8, 4) is 0 Å². The van der Waals surface area contributed by atoms with Crippen LogP contribution in [0.4, 0.5) is 0 Å². The van der Waals surface area contributed by atoms with Crippen LogP contribution < -0.4 is 5.73 Å². The summed E-state index contributed by atoms with van der Waals surface area (Å²) < 4.78 is 3.44. The molecule has 0 fully saturated rings. The van der Waals surface area contributed by atoms with Crippen LogP contribution in [0.2, 0.25) is 0 Å². The smallest absolute Gasteiger partial charge is 0.0680 e. The molecular weight excluding hydrogens is 278 g/mol.